The second-order valence-electron chi connectivity index (χ2n) is 12.9. The molecule has 1 aromatic heterocycles. The fourth-order valence-corrected chi connectivity index (χ4v) is 7.28. The van der Waals surface area contributed by atoms with Crippen molar-refractivity contribution >= 4 is 87.8 Å². The Morgan fingerprint density at radius 1 is 0.656 bits per heavy atom. The van der Waals surface area contributed by atoms with Gasteiger partial charge in [0.2, 0.25) is 0 Å². The van der Waals surface area contributed by atoms with Crippen LogP contribution >= 0.6 is 0 Å². The predicted octanol–water partition coefficient (Wildman–Crippen LogP) is 6.68. The molecule has 0 aliphatic carbocycles. The van der Waals surface area contributed by atoms with Gasteiger partial charge in [-0.25, -0.2) is 26.4 Å². The Morgan fingerprint density at radius 3 is 1.89 bits per heavy atom. The second kappa shape index (κ2) is 18.3. The number of phenols is 2. The molecule has 0 saturated carbocycles. The summed E-state index contributed by atoms with van der Waals surface area (Å²) in [6.07, 6.45) is 0. The van der Waals surface area contributed by atoms with Crippen molar-refractivity contribution in [2.75, 3.05) is 0 Å². The van der Waals surface area contributed by atoms with Crippen LogP contribution < -0.4 is 15.8 Å². The Hall–Kier alpha value is -7.15. The minimum absolute atomic E-state index is 0. The normalized spacial score (nSPS) is 12.0. The van der Waals surface area contributed by atoms with Gasteiger partial charge in [-0.1, -0.05) is 36.9 Å². The van der Waals surface area contributed by atoms with E-state index in [0.29, 0.717) is 6.07 Å². The number of carbonyl (C=O) groups is 2. The van der Waals surface area contributed by atoms with Crippen molar-refractivity contribution in [2.45, 2.75) is 16.7 Å². The molecule has 22 nitrogen and oxygen atoms in total. The summed E-state index contributed by atoms with van der Waals surface area (Å²) >= 11 is 0. The molecule has 1 heterocycles. The van der Waals surface area contributed by atoms with E-state index >= 15 is 0 Å². The second-order valence-corrected chi connectivity index (χ2v) is 15.6. The third kappa shape index (κ3) is 9.43. The Bertz CT molecular complexity index is 3480. The molecule has 0 spiro atoms. The average molecular weight is 1010 g/mol. The third-order valence-corrected chi connectivity index (χ3v) is 10.7. The molecule has 335 valence electrons. The number of aromatic hydroxyl groups is 2. The van der Waals surface area contributed by atoms with Crippen LogP contribution in [0.3, 0.4) is 0 Å². The van der Waals surface area contributed by atoms with Crippen LogP contribution in [0.4, 0.5) is 34.1 Å². The van der Waals surface area contributed by atoms with Gasteiger partial charge in [0.05, 0.1) is 32.3 Å². The molecular weight excluding hydrogens is 984 g/mol. The quantitative estimate of drug-likeness (QED) is 0.0596. The summed E-state index contributed by atoms with van der Waals surface area (Å²) < 4.78 is 74.1. The maximum Gasteiger partial charge on any atom is 1.00 e. The van der Waals surface area contributed by atoms with Crippen molar-refractivity contribution in [3.8, 4) is 22.9 Å². The van der Waals surface area contributed by atoms with Gasteiger partial charge in [-0.15, -0.1) is 31.3 Å². The summed E-state index contributed by atoms with van der Waals surface area (Å²) in [6.45, 7) is 1.40. The first-order valence-electron chi connectivity index (χ1n) is 17.1. The summed E-state index contributed by atoms with van der Waals surface area (Å²) in [7, 11) is -10.4. The van der Waals surface area contributed by atoms with E-state index in [0.717, 1.165) is 53.2 Å². The van der Waals surface area contributed by atoms with E-state index in [2.05, 4.69) is 35.8 Å². The zero-order valence-corrected chi connectivity index (χ0v) is 35.0. The number of benzene rings is 6. The smallest absolute Gasteiger partial charge is 0.872 e. The van der Waals surface area contributed by atoms with E-state index in [1.165, 1.54) is 43.3 Å². The van der Waals surface area contributed by atoms with Crippen molar-refractivity contribution in [3.63, 3.8) is 0 Å². The molecule has 1 radical (unpaired) electrons. The van der Waals surface area contributed by atoms with E-state index in [9.17, 15) is 65.9 Å². The van der Waals surface area contributed by atoms with Crippen LogP contribution in [0.5, 0.6) is 17.2 Å². The van der Waals surface area contributed by atoms with Crippen molar-refractivity contribution in [3.05, 3.63) is 118 Å². The maximum atomic E-state index is 13.5. The molecule has 7 rings (SSSR count). The monoisotopic (exact) mass is 1010 g/mol. The van der Waals surface area contributed by atoms with Crippen LogP contribution in [0, 0.1) is 6.92 Å². The number of hydrogen-bond acceptors (Lipinski definition) is 18. The number of hydrogen-bond donors (Lipinski definition) is 4. The first-order chi connectivity index (χ1) is 29.2. The Morgan fingerprint density at radius 2 is 1.25 bits per heavy atom. The van der Waals surface area contributed by atoms with Crippen molar-refractivity contribution in [2.24, 2.45) is 30.7 Å². The van der Waals surface area contributed by atoms with E-state index in [4.69, 9.17) is 0 Å². The number of nitrogens with zero attached hydrogens (tertiary/aromatic N) is 8. The molecule has 0 bridgehead atoms. The van der Waals surface area contributed by atoms with E-state index in [1.54, 1.807) is 0 Å². The molecule has 0 atom stereocenters. The number of aromatic nitrogens is 2. The molecule has 26 heteroatoms. The number of carboxylic acid groups (broad SMARTS) is 2. The minimum Gasteiger partial charge on any atom is -0.872 e. The largest absolute Gasteiger partial charge is 1.00 e. The van der Waals surface area contributed by atoms with Crippen LogP contribution in [0.2, 0.25) is 0 Å². The molecule has 7 aromatic rings. The number of azo groups is 3. The average Bonchev–Trinajstić information content (AvgIpc) is 3.50. The number of rotatable bonds is 11. The van der Waals surface area contributed by atoms with Gasteiger partial charge >= 0.3 is 33.3 Å². The van der Waals surface area contributed by atoms with Crippen LogP contribution in [0.15, 0.2) is 136 Å². The van der Waals surface area contributed by atoms with E-state index in [1.807, 2.05) is 0 Å². The van der Waals surface area contributed by atoms with Crippen molar-refractivity contribution in [1.82, 2.24) is 9.78 Å². The molecule has 0 saturated heterocycles. The van der Waals surface area contributed by atoms with Crippen LogP contribution in [0.1, 0.15) is 30.7 Å². The Balaban J connectivity index is 0.00000308. The fraction of sp³-hybridized carbons (Fsp3) is 0.0263. The molecule has 4 N–H and O–H groups in total. The Kier molecular flexibility index (Phi) is 13.7. The summed E-state index contributed by atoms with van der Waals surface area (Å²) in [5.41, 5.74) is -3.37. The summed E-state index contributed by atoms with van der Waals surface area (Å²) in [5, 5.41) is 79.7. The zero-order valence-electron chi connectivity index (χ0n) is 34.5. The first-order valence-corrected chi connectivity index (χ1v) is 19.9. The molecular formula is C38H25Cu2N8O14S2. The summed E-state index contributed by atoms with van der Waals surface area (Å²) in [6, 6.07) is 16.5. The van der Waals surface area contributed by atoms with Crippen LogP contribution in [-0.2, 0) is 54.4 Å². The van der Waals surface area contributed by atoms with E-state index in [-0.39, 0.29) is 99.7 Å². The fourth-order valence-electron chi connectivity index (χ4n) is 6.09. The van der Waals surface area contributed by atoms with Crippen LogP contribution in [0.25, 0.3) is 27.2 Å². The SMILES string of the molecule is Cc1[n-]n(-c2ccc3c(N=Nc4c(O)cc(N=Nc5ccc([O-])c(C(=O)O)c5)c5cc(S(=O)(=O)[O-])ccc45)c(O)cc(S(=O)(=O)[O-])c3c2)c(=O)c1N=Nc1ccccc1C(=O)O.[Cu+].[Cu].[H+].[H+].[H+]. The predicted molar refractivity (Wildman–Crippen MR) is 213 cm³/mol. The number of aryl methyl sites for hydroxylation is 1. The number of carboxylic acids is 2. The number of phenolic OH excluding ortho intramolecular Hbond substituents is 2. The zero-order chi connectivity index (χ0) is 44.8. The van der Waals surface area contributed by atoms with Gasteiger partial charge in [0.15, 0.2) is 0 Å². The Labute approximate surface area is 383 Å². The first kappa shape index (κ1) is 47.9. The van der Waals surface area contributed by atoms with Gasteiger partial charge in [-0.2, -0.15) is 5.11 Å². The molecule has 0 fully saturated rings. The molecule has 0 aliphatic heterocycles. The molecule has 0 unspecified atom stereocenters. The van der Waals surface area contributed by atoms with Gasteiger partial charge in [0.25, 0.3) is 5.56 Å². The van der Waals surface area contributed by atoms with Gasteiger partial charge in [0.1, 0.15) is 54.5 Å². The molecule has 0 aliphatic rings. The van der Waals surface area contributed by atoms with Crippen LogP contribution in [-0.4, -0.2) is 63.0 Å². The van der Waals surface area contributed by atoms with E-state index < -0.39 is 81.7 Å². The summed E-state index contributed by atoms with van der Waals surface area (Å²) in [4.78, 5) is 34.8. The summed E-state index contributed by atoms with van der Waals surface area (Å²) in [5.74, 6) is -5.22. The third-order valence-electron chi connectivity index (χ3n) is 8.97. The number of aromatic carboxylic acids is 2. The number of fused-ring (bicyclic) bond motifs is 2. The van der Waals surface area contributed by atoms with Crippen molar-refractivity contribution < 1.29 is 99.5 Å². The van der Waals surface area contributed by atoms with Gasteiger partial charge < -0.3 is 44.4 Å². The molecule has 0 amide bonds. The topological polar surface area (TPSA) is 363 Å². The van der Waals surface area contributed by atoms with Crippen molar-refractivity contribution in [1.29, 1.82) is 0 Å². The minimum atomic E-state index is -5.34. The standard InChI is InChI=1S/C38H26N8O14S2.2Cu/c1-17-33(42-40-27-5-3-2-4-23(27)37(51)52)36(50)46(45-17)19-7-9-22-25(13-19)32(62(58,59)60)16-31(49)35(22)44-43-34-21-10-8-20(61(55,56)57)14-24(21)28(15-30(34)48)41-39-18-6-11-29(47)26(12-18)38(53)54;;/h2-16H,1H3,(H8,39,40,41,42,43,44,45,47,48,49,50,51,52,53,54,55,56,57,58,59,60);;/q;;+1/p-1. The van der Waals surface area contributed by atoms with Gasteiger partial charge in [0, 0.05) is 56.4 Å². The van der Waals surface area contributed by atoms with Gasteiger partial charge in [-0.3, -0.25) is 4.79 Å². The molecule has 64 heavy (non-hydrogen) atoms. The maximum absolute atomic E-state index is 13.5. The molecule has 6 aromatic carbocycles. The van der Waals surface area contributed by atoms with Gasteiger partial charge in [-0.05, 0) is 54.6 Å².